The molecule has 2 bridgehead atoms. The van der Waals surface area contributed by atoms with E-state index in [0.717, 1.165) is 12.1 Å². The molecule has 0 spiro atoms. The first kappa shape index (κ1) is 20.1. The van der Waals surface area contributed by atoms with E-state index in [-0.39, 0.29) is 48.5 Å². The third-order valence-electron chi connectivity index (χ3n) is 5.54. The maximum atomic E-state index is 13.0. The molecular weight excluding hydrogens is 423 g/mol. The topological polar surface area (TPSA) is 49.4 Å². The lowest BCUT2D eigenvalue weighted by molar-refractivity contribution is 0.354. The van der Waals surface area contributed by atoms with Gasteiger partial charge in [0.05, 0.1) is 4.90 Å². The van der Waals surface area contributed by atoms with E-state index in [4.69, 9.17) is 0 Å². The van der Waals surface area contributed by atoms with Crippen LogP contribution < -0.4 is 5.32 Å². The van der Waals surface area contributed by atoms with Gasteiger partial charge in [-0.3, -0.25) is 0 Å². The summed E-state index contributed by atoms with van der Waals surface area (Å²) in [5, 5.41) is 3.21. The van der Waals surface area contributed by atoms with Crippen molar-refractivity contribution in [1.29, 1.82) is 0 Å². The van der Waals surface area contributed by atoms with Gasteiger partial charge in [0.25, 0.3) is 0 Å². The molecule has 3 heterocycles. The van der Waals surface area contributed by atoms with Crippen LogP contribution in [0.25, 0.3) is 0 Å². The summed E-state index contributed by atoms with van der Waals surface area (Å²) >= 11 is 0. The Bertz CT molecular complexity index is 831. The van der Waals surface area contributed by atoms with E-state index < -0.39 is 30.0 Å². The molecule has 3 aliphatic heterocycles. The number of nitrogens with zero attached hydrogens (tertiary/aromatic N) is 1. The summed E-state index contributed by atoms with van der Waals surface area (Å²) in [4.78, 5) is -2.89. The van der Waals surface area contributed by atoms with Crippen molar-refractivity contribution >= 4 is 32.7 Å². The molecular formula is C14H18ClF5N2O2S2. The normalized spacial score (nSPS) is 34.0. The van der Waals surface area contributed by atoms with Gasteiger partial charge in [0.2, 0.25) is 10.0 Å². The Kier molecular flexibility index (Phi) is 4.06. The fraction of sp³-hybridized carbons (Fsp3) is 0.571. The summed E-state index contributed by atoms with van der Waals surface area (Å²) in [6.07, 6.45) is 1.29. The second kappa shape index (κ2) is 5.25. The quantitative estimate of drug-likeness (QED) is 0.719. The van der Waals surface area contributed by atoms with Crippen molar-refractivity contribution < 1.29 is 27.8 Å². The number of halogens is 6. The molecule has 0 aromatic heterocycles. The molecule has 1 aromatic rings. The number of benzene rings is 1. The van der Waals surface area contributed by atoms with Crippen LogP contribution >= 0.6 is 22.6 Å². The summed E-state index contributed by atoms with van der Waals surface area (Å²) in [7, 11) is -14.2. The maximum absolute atomic E-state index is 13.0. The molecule has 0 unspecified atom stereocenters. The van der Waals surface area contributed by atoms with Gasteiger partial charge in [-0.25, -0.2) is 8.42 Å². The van der Waals surface area contributed by atoms with Gasteiger partial charge in [0, 0.05) is 12.1 Å². The number of rotatable bonds is 3. The number of fused-ring (bicyclic) bond motifs is 5. The van der Waals surface area contributed by atoms with Gasteiger partial charge in [0.1, 0.15) is 4.90 Å². The minimum Gasteiger partial charge on any atom is -0.316 e. The Morgan fingerprint density at radius 2 is 1.54 bits per heavy atom. The molecule has 150 valence electrons. The summed E-state index contributed by atoms with van der Waals surface area (Å²) in [6.45, 7) is 1.34. The van der Waals surface area contributed by atoms with Crippen LogP contribution in [0.1, 0.15) is 12.8 Å². The van der Waals surface area contributed by atoms with Gasteiger partial charge in [-0.05, 0) is 56.0 Å². The molecule has 3 saturated heterocycles. The summed E-state index contributed by atoms with van der Waals surface area (Å²) in [6, 6.07) is 1.41. The third-order valence-corrected chi connectivity index (χ3v) is 8.63. The lowest BCUT2D eigenvalue weighted by atomic mass is 9.82. The van der Waals surface area contributed by atoms with E-state index in [9.17, 15) is 27.8 Å². The van der Waals surface area contributed by atoms with Crippen LogP contribution in [0.3, 0.4) is 0 Å². The van der Waals surface area contributed by atoms with E-state index in [2.05, 4.69) is 5.32 Å². The average molecular weight is 441 g/mol. The minimum absolute atomic E-state index is 0. The highest BCUT2D eigenvalue weighted by atomic mass is 35.5. The Balaban J connectivity index is 0.00000196. The largest absolute Gasteiger partial charge is 0.316 e. The molecule has 0 amide bonds. The van der Waals surface area contributed by atoms with Gasteiger partial charge < -0.3 is 5.32 Å². The molecule has 1 N–H and O–H groups in total. The van der Waals surface area contributed by atoms with Crippen LogP contribution in [0, 0.1) is 11.8 Å². The number of sulfonamides is 1. The van der Waals surface area contributed by atoms with Crippen molar-refractivity contribution in [2.45, 2.75) is 34.7 Å². The predicted molar refractivity (Wildman–Crippen MR) is 90.8 cm³/mol. The van der Waals surface area contributed by atoms with Crippen LogP contribution in [0.15, 0.2) is 34.1 Å². The summed E-state index contributed by atoms with van der Waals surface area (Å²) < 4.78 is 92.3. The zero-order chi connectivity index (χ0) is 18.3. The van der Waals surface area contributed by atoms with E-state index in [1.165, 1.54) is 4.31 Å². The molecule has 26 heavy (non-hydrogen) atoms. The zero-order valence-corrected chi connectivity index (χ0v) is 15.8. The monoisotopic (exact) mass is 440 g/mol. The molecule has 4 atom stereocenters. The molecule has 4 rings (SSSR count). The molecule has 3 aliphatic rings. The number of hydrogen-bond donors (Lipinski definition) is 1. The predicted octanol–water partition coefficient (Wildman–Crippen LogP) is 4.14. The van der Waals surface area contributed by atoms with E-state index in [1.54, 1.807) is 0 Å². The van der Waals surface area contributed by atoms with Gasteiger partial charge in [0.15, 0.2) is 0 Å². The summed E-state index contributed by atoms with van der Waals surface area (Å²) in [5.74, 6) is 0.264. The summed E-state index contributed by atoms with van der Waals surface area (Å²) in [5.41, 5.74) is 0. The molecule has 12 heteroatoms. The third kappa shape index (κ3) is 3.01. The van der Waals surface area contributed by atoms with Crippen LogP contribution in [-0.2, 0) is 10.0 Å². The standard InChI is InChI=1S/C14H17F5N2O2S2.ClH/c15-25(16,17,18,19)10-3-1-2-9(6-10)24(22,23)21-13-4-5-14(21)12-8-20-7-11(12)13;/h1-3,6,11-14,20H,4-5,7-8H2;1H/t11-,12+,13-,14+;. The first-order valence-electron chi connectivity index (χ1n) is 7.87. The number of nitrogens with one attached hydrogen (secondary N) is 1. The van der Waals surface area contributed by atoms with Crippen LogP contribution in [0.5, 0.6) is 0 Å². The zero-order valence-electron chi connectivity index (χ0n) is 13.3. The highest BCUT2D eigenvalue weighted by Gasteiger charge is 2.66. The first-order chi connectivity index (χ1) is 11.3. The van der Waals surface area contributed by atoms with Gasteiger partial charge >= 0.3 is 10.2 Å². The Morgan fingerprint density at radius 3 is 2.04 bits per heavy atom. The van der Waals surface area contributed by atoms with Crippen molar-refractivity contribution in [3.8, 4) is 0 Å². The van der Waals surface area contributed by atoms with Crippen molar-refractivity contribution in [1.82, 2.24) is 9.62 Å². The lowest BCUT2D eigenvalue weighted by Gasteiger charge is -2.40. The van der Waals surface area contributed by atoms with Crippen molar-refractivity contribution in [2.24, 2.45) is 11.8 Å². The second-order valence-corrected chi connectivity index (χ2v) is 11.2. The minimum atomic E-state index is -9.93. The van der Waals surface area contributed by atoms with Gasteiger partial charge in [-0.2, -0.15) is 4.31 Å². The van der Waals surface area contributed by atoms with Crippen molar-refractivity contribution in [3.63, 3.8) is 0 Å². The fourth-order valence-corrected chi connectivity index (χ4v) is 7.33. The fourth-order valence-electron chi connectivity index (χ4n) is 4.56. The van der Waals surface area contributed by atoms with Crippen LogP contribution in [-0.4, -0.2) is 37.9 Å². The highest BCUT2D eigenvalue weighted by molar-refractivity contribution is 8.45. The molecule has 1 aromatic carbocycles. The smallest absolute Gasteiger partial charge is 0.310 e. The molecule has 4 nitrogen and oxygen atoms in total. The first-order valence-corrected chi connectivity index (χ1v) is 11.3. The molecule has 0 aliphatic carbocycles. The van der Waals surface area contributed by atoms with Gasteiger partial charge in [-0.15, -0.1) is 12.4 Å². The SMILES string of the molecule is Cl.O=S(=O)(c1cccc(S(F)(F)(F)(F)F)c1)N1[C@@H]2CC[C@H]1[C@H]1CNC[C@H]12. The van der Waals surface area contributed by atoms with Crippen LogP contribution in [0.2, 0.25) is 0 Å². The lowest BCUT2D eigenvalue weighted by Crippen LogP contribution is -2.39. The van der Waals surface area contributed by atoms with E-state index >= 15 is 0 Å². The van der Waals surface area contributed by atoms with E-state index in [1.807, 2.05) is 0 Å². The second-order valence-electron chi connectivity index (χ2n) is 6.98. The highest BCUT2D eigenvalue weighted by Crippen LogP contribution is 3.02. The van der Waals surface area contributed by atoms with E-state index in [0.29, 0.717) is 25.9 Å². The molecule has 0 radical (unpaired) electrons. The Hall–Kier alpha value is -0.620. The van der Waals surface area contributed by atoms with Crippen LogP contribution in [0.4, 0.5) is 19.4 Å². The number of hydrogen-bond acceptors (Lipinski definition) is 3. The Labute approximate surface area is 154 Å². The molecule has 3 fully saturated rings. The van der Waals surface area contributed by atoms with Gasteiger partial charge in [-0.1, -0.05) is 25.5 Å². The van der Waals surface area contributed by atoms with Crippen molar-refractivity contribution in [2.75, 3.05) is 13.1 Å². The Morgan fingerprint density at radius 1 is 1.00 bits per heavy atom. The maximum Gasteiger partial charge on any atom is 0.310 e. The van der Waals surface area contributed by atoms with Crippen molar-refractivity contribution in [3.05, 3.63) is 24.3 Å². The molecule has 0 saturated carbocycles. The average Bonchev–Trinajstić information content (AvgIpc) is 3.17.